The number of hydrogen-bond acceptors (Lipinski definition) is 5. The number of pyridine rings is 2. The zero-order valence-electron chi connectivity index (χ0n) is 14.5. The first kappa shape index (κ1) is 15.9. The van der Waals surface area contributed by atoms with Crippen LogP contribution in [0, 0.1) is 0 Å². The van der Waals surface area contributed by atoms with Gasteiger partial charge >= 0.3 is 0 Å². The molecule has 27 heavy (non-hydrogen) atoms. The summed E-state index contributed by atoms with van der Waals surface area (Å²) in [5.41, 5.74) is 2.91. The lowest BCUT2D eigenvalue weighted by Crippen LogP contribution is -2.23. The number of alkyl halides is 1. The van der Waals surface area contributed by atoms with Crippen LogP contribution in [0.25, 0.3) is 5.69 Å². The zero-order chi connectivity index (χ0) is 18.4. The number of halogens is 1. The van der Waals surface area contributed by atoms with Gasteiger partial charge in [-0.3, -0.25) is 9.78 Å². The second kappa shape index (κ2) is 6.15. The Balaban J connectivity index is 1.37. The Hall–Kier alpha value is -3.29. The van der Waals surface area contributed by atoms with Crippen molar-refractivity contribution in [3.63, 3.8) is 0 Å². The van der Waals surface area contributed by atoms with Gasteiger partial charge < -0.3 is 9.80 Å². The van der Waals surface area contributed by atoms with Crippen LogP contribution in [0.15, 0.2) is 49.1 Å². The van der Waals surface area contributed by atoms with E-state index in [-0.39, 0.29) is 5.91 Å². The highest BCUT2D eigenvalue weighted by atomic mass is 18.2. The van der Waals surface area contributed by atoms with Gasteiger partial charge in [-0.2, -0.15) is 5.10 Å². The summed E-state index contributed by atoms with van der Waals surface area (Å²) in [4.78, 5) is 24.7. The molecule has 0 radical (unpaired) electrons. The maximum atomic E-state index is 13.4. The van der Waals surface area contributed by atoms with E-state index in [2.05, 4.69) is 15.1 Å². The van der Waals surface area contributed by atoms with Gasteiger partial charge in [-0.25, -0.2) is 14.1 Å². The van der Waals surface area contributed by atoms with E-state index in [9.17, 15) is 9.18 Å². The molecule has 1 atom stereocenters. The standard InChI is InChI=1S/C19H17FN6O/c20-13-5-8-24(10-13)18-2-1-15(9-22-18)26-11-16-17(23-26)12-25(19(16)27)14-3-6-21-7-4-14/h1-4,6-7,9,11,13H,5,8,10,12H2/t13-/m1/s1/i20-1. The van der Waals surface area contributed by atoms with Crippen LogP contribution in [0.5, 0.6) is 0 Å². The number of fused-ring (bicyclic) bond motifs is 1. The average Bonchev–Trinajstić information content (AvgIpc) is 3.39. The fourth-order valence-electron chi connectivity index (χ4n) is 3.56. The van der Waals surface area contributed by atoms with Crippen molar-refractivity contribution >= 4 is 17.4 Å². The molecule has 0 saturated carbocycles. The van der Waals surface area contributed by atoms with Crippen LogP contribution in [-0.4, -0.2) is 44.9 Å². The Kier molecular flexibility index (Phi) is 3.63. The third-order valence-electron chi connectivity index (χ3n) is 5.00. The largest absolute Gasteiger partial charge is 0.354 e. The van der Waals surface area contributed by atoms with Crippen molar-refractivity contribution in [2.45, 2.75) is 19.1 Å². The molecule has 7 nitrogen and oxygen atoms in total. The number of anilines is 2. The maximum Gasteiger partial charge on any atom is 0.262 e. The third-order valence-corrected chi connectivity index (χ3v) is 5.00. The van der Waals surface area contributed by atoms with Gasteiger partial charge in [0.05, 0.1) is 36.2 Å². The number of carbonyl (C=O) groups excluding carboxylic acids is 1. The Morgan fingerprint density at radius 3 is 2.63 bits per heavy atom. The van der Waals surface area contributed by atoms with Crippen LogP contribution in [0.3, 0.4) is 0 Å². The second-order valence-electron chi connectivity index (χ2n) is 6.74. The fraction of sp³-hybridized carbons (Fsp3) is 0.263. The maximum absolute atomic E-state index is 13.4. The highest BCUT2D eigenvalue weighted by Gasteiger charge is 2.32. The number of carbonyl (C=O) groups is 1. The molecule has 0 unspecified atom stereocenters. The molecule has 5 heterocycles. The monoisotopic (exact) mass is 363 g/mol. The van der Waals surface area contributed by atoms with E-state index < -0.39 is 6.17 Å². The van der Waals surface area contributed by atoms with Gasteiger partial charge in [0.2, 0.25) is 0 Å². The van der Waals surface area contributed by atoms with E-state index >= 15 is 0 Å². The molecule has 1 amide bonds. The SMILES string of the molecule is O=C1c2cn(-c3ccc(N4CC[C@@H]([18F])C4)nc3)nc2CN1c1ccncc1. The van der Waals surface area contributed by atoms with E-state index in [1.165, 1.54) is 0 Å². The molecule has 5 rings (SSSR count). The highest BCUT2D eigenvalue weighted by molar-refractivity contribution is 6.09. The highest BCUT2D eigenvalue weighted by Crippen LogP contribution is 2.28. The summed E-state index contributed by atoms with van der Waals surface area (Å²) in [5.74, 6) is 0.691. The van der Waals surface area contributed by atoms with E-state index in [0.717, 1.165) is 22.9 Å². The fourth-order valence-corrected chi connectivity index (χ4v) is 3.56. The molecular formula is C19H17FN6O. The van der Waals surface area contributed by atoms with E-state index in [1.807, 2.05) is 17.0 Å². The summed E-state index contributed by atoms with van der Waals surface area (Å²) in [6.07, 6.45) is 6.54. The smallest absolute Gasteiger partial charge is 0.262 e. The summed E-state index contributed by atoms with van der Waals surface area (Å²) in [7, 11) is 0. The number of hydrogen-bond donors (Lipinski definition) is 0. The predicted octanol–water partition coefficient (Wildman–Crippen LogP) is 2.37. The van der Waals surface area contributed by atoms with Crippen molar-refractivity contribution in [2.75, 3.05) is 22.9 Å². The molecule has 8 heteroatoms. The first-order valence-electron chi connectivity index (χ1n) is 8.85. The molecule has 0 aromatic carbocycles. The normalized spacial score (nSPS) is 19.0. The summed E-state index contributed by atoms with van der Waals surface area (Å²) < 4.78 is 15.0. The average molecular weight is 363 g/mol. The first-order valence-corrected chi connectivity index (χ1v) is 8.85. The molecule has 136 valence electrons. The van der Waals surface area contributed by atoms with Gasteiger partial charge in [0, 0.05) is 30.8 Å². The summed E-state index contributed by atoms with van der Waals surface area (Å²) in [5, 5.41) is 4.55. The van der Waals surface area contributed by atoms with Gasteiger partial charge in [-0.1, -0.05) is 0 Å². The van der Waals surface area contributed by atoms with Gasteiger partial charge in [0.25, 0.3) is 5.91 Å². The quantitative estimate of drug-likeness (QED) is 0.715. The molecule has 0 aliphatic carbocycles. The molecular weight excluding hydrogens is 346 g/mol. The topological polar surface area (TPSA) is 67.2 Å². The first-order chi connectivity index (χ1) is 13.2. The lowest BCUT2D eigenvalue weighted by atomic mass is 10.3. The Morgan fingerprint density at radius 1 is 1.11 bits per heavy atom. The minimum absolute atomic E-state index is 0.0712. The molecule has 0 spiro atoms. The van der Waals surface area contributed by atoms with Crippen molar-refractivity contribution < 1.29 is 9.18 Å². The number of nitrogens with zero attached hydrogens (tertiary/aromatic N) is 6. The summed E-state index contributed by atoms with van der Waals surface area (Å²) >= 11 is 0. The van der Waals surface area contributed by atoms with Crippen LogP contribution < -0.4 is 9.80 Å². The third kappa shape index (κ3) is 2.73. The summed E-state index contributed by atoms with van der Waals surface area (Å²) in [6.45, 7) is 1.51. The Morgan fingerprint density at radius 2 is 1.96 bits per heavy atom. The number of amides is 1. The van der Waals surface area contributed by atoms with Crippen molar-refractivity contribution in [1.82, 2.24) is 19.7 Å². The molecule has 2 aliphatic rings. The molecule has 0 N–H and O–H groups in total. The summed E-state index contributed by atoms with van der Waals surface area (Å²) in [6, 6.07) is 7.37. The van der Waals surface area contributed by atoms with Crippen molar-refractivity contribution in [2.24, 2.45) is 0 Å². The molecule has 0 bridgehead atoms. The van der Waals surface area contributed by atoms with Crippen LogP contribution in [0.1, 0.15) is 22.5 Å². The van der Waals surface area contributed by atoms with Crippen LogP contribution in [-0.2, 0) is 6.54 Å². The van der Waals surface area contributed by atoms with Gasteiger partial charge in [0.15, 0.2) is 0 Å². The van der Waals surface area contributed by atoms with Gasteiger partial charge in [-0.05, 0) is 30.7 Å². The van der Waals surface area contributed by atoms with Crippen LogP contribution >= 0.6 is 0 Å². The lowest BCUT2D eigenvalue weighted by molar-refractivity contribution is 0.0996. The lowest BCUT2D eigenvalue weighted by Gasteiger charge is -2.16. The van der Waals surface area contributed by atoms with E-state index in [0.29, 0.717) is 31.6 Å². The minimum Gasteiger partial charge on any atom is -0.354 e. The molecule has 2 aliphatic heterocycles. The van der Waals surface area contributed by atoms with E-state index in [4.69, 9.17) is 0 Å². The van der Waals surface area contributed by atoms with Crippen molar-refractivity contribution in [1.29, 1.82) is 0 Å². The zero-order valence-corrected chi connectivity index (χ0v) is 14.5. The molecule has 3 aromatic heterocycles. The molecule has 1 fully saturated rings. The van der Waals surface area contributed by atoms with Gasteiger partial charge in [0.1, 0.15) is 12.0 Å². The Bertz CT molecular complexity index is 987. The predicted molar refractivity (Wildman–Crippen MR) is 97.8 cm³/mol. The van der Waals surface area contributed by atoms with Crippen molar-refractivity contribution in [3.8, 4) is 5.69 Å². The Labute approximate surface area is 155 Å². The second-order valence-corrected chi connectivity index (χ2v) is 6.74. The number of rotatable bonds is 3. The van der Waals surface area contributed by atoms with Crippen molar-refractivity contribution in [3.05, 3.63) is 60.3 Å². The van der Waals surface area contributed by atoms with Crippen LogP contribution in [0.4, 0.5) is 15.9 Å². The minimum atomic E-state index is -0.782. The molecule has 1 saturated heterocycles. The molecule has 3 aromatic rings. The number of aromatic nitrogens is 4. The van der Waals surface area contributed by atoms with Crippen LogP contribution in [0.2, 0.25) is 0 Å². The van der Waals surface area contributed by atoms with Gasteiger partial charge in [-0.15, -0.1) is 0 Å². The van der Waals surface area contributed by atoms with E-state index in [1.54, 1.807) is 46.5 Å².